The van der Waals surface area contributed by atoms with Gasteiger partial charge in [0.25, 0.3) is 0 Å². The SMILES string of the molecule is CC(NC(=O)C(N)Cc1cnc[nH]1)C(=O)NC(CCC(N)=O)C(=O)NC(Cc1ccc(O)cc1)C(=O)O. The van der Waals surface area contributed by atoms with Gasteiger partial charge < -0.3 is 42.6 Å². The van der Waals surface area contributed by atoms with Crippen LogP contribution in [0.2, 0.25) is 0 Å². The molecule has 1 aromatic carbocycles. The van der Waals surface area contributed by atoms with Crippen molar-refractivity contribution in [3.05, 3.63) is 48.0 Å². The maximum absolute atomic E-state index is 12.9. The van der Waals surface area contributed by atoms with Gasteiger partial charge in [-0.05, 0) is 31.0 Å². The standard InChI is InChI=1S/C23H31N7O7/c1-12(28-21(34)16(24)9-14-10-26-11-27-14)20(33)29-17(6-7-19(25)32)22(35)30-18(23(36)37)8-13-2-4-15(31)5-3-13/h2-5,10-12,16-18,31H,6-9,24H2,1H3,(H2,25,32)(H,26,27)(H,28,34)(H,29,33)(H,30,35)(H,36,37). The number of nitrogens with zero attached hydrogens (tertiary/aromatic N) is 1. The van der Waals surface area contributed by atoms with Crippen molar-refractivity contribution in [2.24, 2.45) is 11.5 Å². The zero-order chi connectivity index (χ0) is 27.5. The van der Waals surface area contributed by atoms with Crippen molar-refractivity contribution in [1.29, 1.82) is 0 Å². The van der Waals surface area contributed by atoms with Crippen molar-refractivity contribution >= 4 is 29.6 Å². The minimum atomic E-state index is -1.36. The molecule has 0 radical (unpaired) electrons. The number of nitrogens with two attached hydrogens (primary N) is 2. The van der Waals surface area contributed by atoms with Crippen LogP contribution >= 0.6 is 0 Å². The molecule has 0 saturated heterocycles. The highest BCUT2D eigenvalue weighted by Gasteiger charge is 2.29. The number of carboxylic acid groups (broad SMARTS) is 1. The van der Waals surface area contributed by atoms with Crippen LogP contribution < -0.4 is 27.4 Å². The quantitative estimate of drug-likeness (QED) is 0.139. The Morgan fingerprint density at radius 1 is 0.973 bits per heavy atom. The average Bonchev–Trinajstić information content (AvgIpc) is 3.35. The van der Waals surface area contributed by atoms with Crippen LogP contribution in [-0.2, 0) is 36.8 Å². The van der Waals surface area contributed by atoms with Gasteiger partial charge in [-0.25, -0.2) is 9.78 Å². The topological polar surface area (TPSA) is 243 Å². The maximum Gasteiger partial charge on any atom is 0.326 e. The summed E-state index contributed by atoms with van der Waals surface area (Å²) < 4.78 is 0. The minimum Gasteiger partial charge on any atom is -0.508 e. The number of phenolic OH excluding ortho intramolecular Hbond substituents is 1. The van der Waals surface area contributed by atoms with Gasteiger partial charge in [0.1, 0.15) is 23.9 Å². The molecule has 4 atom stereocenters. The van der Waals surface area contributed by atoms with E-state index in [1.165, 1.54) is 43.7 Å². The Bertz CT molecular complexity index is 1090. The minimum absolute atomic E-state index is 0.00244. The van der Waals surface area contributed by atoms with Gasteiger partial charge in [0, 0.05) is 31.2 Å². The monoisotopic (exact) mass is 517 g/mol. The van der Waals surface area contributed by atoms with Crippen LogP contribution in [0.3, 0.4) is 0 Å². The van der Waals surface area contributed by atoms with Gasteiger partial charge in [-0.1, -0.05) is 12.1 Å². The summed E-state index contributed by atoms with van der Waals surface area (Å²) in [5.74, 6) is -4.27. The van der Waals surface area contributed by atoms with Crippen LogP contribution in [-0.4, -0.2) is 73.9 Å². The fraction of sp³-hybridized carbons (Fsp3) is 0.391. The van der Waals surface area contributed by atoms with Crippen LogP contribution in [0.4, 0.5) is 0 Å². The van der Waals surface area contributed by atoms with Gasteiger partial charge in [-0.3, -0.25) is 19.2 Å². The fourth-order valence-electron chi connectivity index (χ4n) is 3.30. The Balaban J connectivity index is 2.02. The lowest BCUT2D eigenvalue weighted by Gasteiger charge is -2.23. The summed E-state index contributed by atoms with van der Waals surface area (Å²) in [6, 6.07) is 1.03. The lowest BCUT2D eigenvalue weighted by molar-refractivity contribution is -0.142. The number of hydrogen-bond acceptors (Lipinski definition) is 8. The zero-order valence-corrected chi connectivity index (χ0v) is 20.1. The Kier molecular flexibility index (Phi) is 10.6. The molecule has 1 aromatic heterocycles. The van der Waals surface area contributed by atoms with Crippen molar-refractivity contribution in [2.45, 2.75) is 56.8 Å². The highest BCUT2D eigenvalue weighted by Crippen LogP contribution is 2.12. The second-order valence-electron chi connectivity index (χ2n) is 8.45. The van der Waals surface area contributed by atoms with Crippen molar-refractivity contribution in [1.82, 2.24) is 25.9 Å². The molecule has 14 heteroatoms. The van der Waals surface area contributed by atoms with E-state index in [9.17, 15) is 34.2 Å². The highest BCUT2D eigenvalue weighted by atomic mass is 16.4. The molecule has 2 rings (SSSR count). The average molecular weight is 518 g/mol. The van der Waals surface area contributed by atoms with E-state index in [1.807, 2.05) is 0 Å². The van der Waals surface area contributed by atoms with E-state index >= 15 is 0 Å². The number of benzene rings is 1. The molecule has 4 amide bonds. The number of carboxylic acids is 1. The number of H-pyrrole nitrogens is 1. The van der Waals surface area contributed by atoms with E-state index in [0.29, 0.717) is 11.3 Å². The molecule has 10 N–H and O–H groups in total. The predicted octanol–water partition coefficient (Wildman–Crippen LogP) is -1.95. The van der Waals surface area contributed by atoms with Crippen LogP contribution in [0.1, 0.15) is 31.0 Å². The second kappa shape index (κ2) is 13.6. The molecule has 2 aromatic rings. The number of aromatic hydroxyl groups is 1. The summed E-state index contributed by atoms with van der Waals surface area (Å²) in [5.41, 5.74) is 12.2. The largest absolute Gasteiger partial charge is 0.508 e. The van der Waals surface area contributed by atoms with Crippen LogP contribution in [0.25, 0.3) is 0 Å². The van der Waals surface area contributed by atoms with E-state index in [0.717, 1.165) is 0 Å². The van der Waals surface area contributed by atoms with Crippen molar-refractivity contribution in [3.63, 3.8) is 0 Å². The van der Waals surface area contributed by atoms with Gasteiger partial charge in [0.05, 0.1) is 12.4 Å². The summed E-state index contributed by atoms with van der Waals surface area (Å²) in [6.07, 6.45) is 2.55. The first kappa shape index (κ1) is 28.8. The summed E-state index contributed by atoms with van der Waals surface area (Å²) in [4.78, 5) is 67.6. The van der Waals surface area contributed by atoms with E-state index < -0.39 is 53.8 Å². The molecule has 0 aliphatic carbocycles. The first-order valence-electron chi connectivity index (χ1n) is 11.4. The predicted molar refractivity (Wildman–Crippen MR) is 130 cm³/mol. The first-order chi connectivity index (χ1) is 17.5. The third-order valence-electron chi connectivity index (χ3n) is 5.39. The van der Waals surface area contributed by atoms with Crippen molar-refractivity contribution in [3.8, 4) is 5.75 Å². The van der Waals surface area contributed by atoms with Crippen LogP contribution in [0.5, 0.6) is 5.75 Å². The molecule has 200 valence electrons. The Morgan fingerprint density at radius 3 is 2.19 bits per heavy atom. The number of carbonyl (C=O) groups is 5. The summed E-state index contributed by atoms with van der Waals surface area (Å²) >= 11 is 0. The fourth-order valence-corrected chi connectivity index (χ4v) is 3.30. The molecule has 0 spiro atoms. The van der Waals surface area contributed by atoms with Crippen LogP contribution in [0, 0.1) is 0 Å². The van der Waals surface area contributed by atoms with Gasteiger partial charge in [-0.2, -0.15) is 0 Å². The van der Waals surface area contributed by atoms with Crippen LogP contribution in [0.15, 0.2) is 36.8 Å². The molecule has 0 aliphatic rings. The Labute approximate surface area is 212 Å². The van der Waals surface area contributed by atoms with E-state index in [1.54, 1.807) is 0 Å². The number of aliphatic carboxylic acids is 1. The summed E-state index contributed by atoms with van der Waals surface area (Å²) in [6.45, 7) is 1.38. The summed E-state index contributed by atoms with van der Waals surface area (Å²) in [7, 11) is 0. The lowest BCUT2D eigenvalue weighted by atomic mass is 10.0. The second-order valence-corrected chi connectivity index (χ2v) is 8.45. The smallest absolute Gasteiger partial charge is 0.326 e. The molecule has 14 nitrogen and oxygen atoms in total. The molecular formula is C23H31N7O7. The van der Waals surface area contributed by atoms with E-state index in [-0.39, 0.29) is 31.4 Å². The number of aromatic nitrogens is 2. The first-order valence-corrected chi connectivity index (χ1v) is 11.4. The van der Waals surface area contributed by atoms with E-state index in [4.69, 9.17) is 11.5 Å². The number of amides is 4. The molecule has 1 heterocycles. The number of primary amides is 1. The number of nitrogens with one attached hydrogen (secondary N) is 4. The number of imidazole rings is 1. The van der Waals surface area contributed by atoms with Gasteiger partial charge in [0.2, 0.25) is 23.6 Å². The lowest BCUT2D eigenvalue weighted by Crippen LogP contribution is -2.56. The number of rotatable bonds is 14. The number of hydrogen-bond donors (Lipinski definition) is 8. The highest BCUT2D eigenvalue weighted by molar-refractivity contribution is 5.94. The Hall–Kier alpha value is -4.46. The Morgan fingerprint density at radius 2 is 1.62 bits per heavy atom. The van der Waals surface area contributed by atoms with Gasteiger partial charge in [0.15, 0.2) is 0 Å². The van der Waals surface area contributed by atoms with Crippen molar-refractivity contribution in [2.75, 3.05) is 0 Å². The molecule has 37 heavy (non-hydrogen) atoms. The third-order valence-corrected chi connectivity index (χ3v) is 5.39. The normalized spacial score (nSPS) is 14.0. The summed E-state index contributed by atoms with van der Waals surface area (Å²) in [5, 5.41) is 26.2. The molecular weight excluding hydrogens is 486 g/mol. The molecule has 0 saturated carbocycles. The third kappa shape index (κ3) is 9.60. The van der Waals surface area contributed by atoms with Crippen molar-refractivity contribution < 1.29 is 34.2 Å². The number of carbonyl (C=O) groups excluding carboxylic acids is 4. The van der Waals surface area contributed by atoms with E-state index in [2.05, 4.69) is 25.9 Å². The zero-order valence-electron chi connectivity index (χ0n) is 20.1. The molecule has 0 bridgehead atoms. The molecule has 0 fully saturated rings. The molecule has 4 unspecified atom stereocenters. The number of aromatic amines is 1. The maximum atomic E-state index is 12.9. The van der Waals surface area contributed by atoms with Gasteiger partial charge >= 0.3 is 5.97 Å². The van der Waals surface area contributed by atoms with Gasteiger partial charge in [-0.15, -0.1) is 0 Å². The molecule has 0 aliphatic heterocycles. The number of phenols is 1.